The maximum absolute atomic E-state index is 12.7. The summed E-state index contributed by atoms with van der Waals surface area (Å²) in [4.78, 5) is 10.1. The fourth-order valence-corrected chi connectivity index (χ4v) is 3.36. The predicted molar refractivity (Wildman–Crippen MR) is 96.7 cm³/mol. The molecule has 2 fully saturated rings. The first-order valence-corrected chi connectivity index (χ1v) is 9.19. The van der Waals surface area contributed by atoms with E-state index in [0.717, 1.165) is 43.5 Å². The highest BCUT2D eigenvalue weighted by molar-refractivity contribution is 6.33. The number of hydrogen-bond donors (Lipinski definition) is 2. The molecule has 2 aliphatic rings. The molecule has 1 atom stereocenters. The van der Waals surface area contributed by atoms with Crippen LogP contribution in [0.5, 0.6) is 0 Å². The molecule has 0 bridgehead atoms. The predicted octanol–water partition coefficient (Wildman–Crippen LogP) is 3.30. The van der Waals surface area contributed by atoms with Gasteiger partial charge in [-0.25, -0.2) is 4.98 Å². The number of alkyl halides is 3. The number of rotatable bonds is 5. The third-order valence-electron chi connectivity index (χ3n) is 4.74. The van der Waals surface area contributed by atoms with Gasteiger partial charge in [-0.3, -0.25) is 4.99 Å². The van der Waals surface area contributed by atoms with Crippen molar-refractivity contribution in [1.29, 1.82) is 0 Å². The molecule has 5 nitrogen and oxygen atoms in total. The van der Waals surface area contributed by atoms with Crippen LogP contribution in [0.2, 0.25) is 5.02 Å². The van der Waals surface area contributed by atoms with Crippen LogP contribution in [0.3, 0.4) is 0 Å². The van der Waals surface area contributed by atoms with Crippen molar-refractivity contribution < 1.29 is 13.2 Å². The van der Waals surface area contributed by atoms with Crippen molar-refractivity contribution in [3.63, 3.8) is 0 Å². The first-order chi connectivity index (χ1) is 12.4. The van der Waals surface area contributed by atoms with Gasteiger partial charge in [-0.1, -0.05) is 24.4 Å². The Balaban J connectivity index is 1.54. The standard InChI is InChI=1S/C17H23ClF3N5/c1-22-16(23-6-4-11-2-3-11)25-13-5-7-26(10-13)15-14(18)8-12(9-24-15)17(19,20)21/h8-9,11,13H,2-7,10H2,1H3,(H2,22,23,25). The molecule has 0 amide bonds. The molecular weight excluding hydrogens is 367 g/mol. The number of nitrogens with one attached hydrogen (secondary N) is 2. The van der Waals surface area contributed by atoms with Crippen molar-refractivity contribution >= 4 is 23.4 Å². The lowest BCUT2D eigenvalue weighted by molar-refractivity contribution is -0.137. The zero-order valence-corrected chi connectivity index (χ0v) is 15.4. The molecule has 144 valence electrons. The van der Waals surface area contributed by atoms with Gasteiger partial charge in [0.05, 0.1) is 10.6 Å². The van der Waals surface area contributed by atoms with Gasteiger partial charge in [0, 0.05) is 38.9 Å². The lowest BCUT2D eigenvalue weighted by Gasteiger charge is -2.21. The van der Waals surface area contributed by atoms with E-state index in [1.807, 2.05) is 4.90 Å². The molecule has 1 saturated heterocycles. The molecule has 1 aliphatic carbocycles. The quantitative estimate of drug-likeness (QED) is 0.599. The Hall–Kier alpha value is -1.70. The summed E-state index contributed by atoms with van der Waals surface area (Å²) in [5.74, 6) is 2.00. The molecule has 0 aromatic carbocycles. The average Bonchev–Trinajstić information content (AvgIpc) is 3.30. The molecule has 1 aromatic heterocycles. The maximum Gasteiger partial charge on any atom is 0.417 e. The van der Waals surface area contributed by atoms with Gasteiger partial charge < -0.3 is 15.5 Å². The van der Waals surface area contributed by atoms with E-state index in [-0.39, 0.29) is 11.1 Å². The Morgan fingerprint density at radius 3 is 2.77 bits per heavy atom. The summed E-state index contributed by atoms with van der Waals surface area (Å²) < 4.78 is 38.2. The van der Waals surface area contributed by atoms with Crippen molar-refractivity contribution in [1.82, 2.24) is 15.6 Å². The molecule has 2 N–H and O–H groups in total. The van der Waals surface area contributed by atoms with Crippen molar-refractivity contribution in [2.75, 3.05) is 31.6 Å². The van der Waals surface area contributed by atoms with E-state index in [0.29, 0.717) is 18.9 Å². The molecule has 1 unspecified atom stereocenters. The normalized spacial score (nSPS) is 21.2. The Morgan fingerprint density at radius 1 is 1.38 bits per heavy atom. The monoisotopic (exact) mass is 389 g/mol. The highest BCUT2D eigenvalue weighted by Crippen LogP contribution is 2.34. The Morgan fingerprint density at radius 2 is 2.15 bits per heavy atom. The Labute approximate surface area is 156 Å². The summed E-state index contributed by atoms with van der Waals surface area (Å²) in [6, 6.07) is 1.07. The number of anilines is 1. The number of hydrogen-bond acceptors (Lipinski definition) is 3. The minimum atomic E-state index is -4.44. The molecule has 2 heterocycles. The van der Waals surface area contributed by atoms with E-state index in [1.165, 1.54) is 12.8 Å². The largest absolute Gasteiger partial charge is 0.417 e. The van der Waals surface area contributed by atoms with Gasteiger partial charge in [0.2, 0.25) is 0 Å². The number of guanidine groups is 1. The summed E-state index contributed by atoms with van der Waals surface area (Å²) in [6.45, 7) is 2.18. The number of halogens is 4. The van der Waals surface area contributed by atoms with Crippen LogP contribution >= 0.6 is 11.6 Å². The van der Waals surface area contributed by atoms with Gasteiger partial charge in [0.15, 0.2) is 5.96 Å². The molecule has 0 spiro atoms. The number of nitrogens with zero attached hydrogens (tertiary/aromatic N) is 3. The third kappa shape index (κ3) is 4.93. The van der Waals surface area contributed by atoms with Crippen molar-refractivity contribution in [2.45, 2.75) is 37.9 Å². The van der Waals surface area contributed by atoms with E-state index in [9.17, 15) is 13.2 Å². The van der Waals surface area contributed by atoms with Gasteiger partial charge in [0.25, 0.3) is 0 Å². The van der Waals surface area contributed by atoms with Crippen LogP contribution in [0.4, 0.5) is 19.0 Å². The van der Waals surface area contributed by atoms with E-state index < -0.39 is 11.7 Å². The lowest BCUT2D eigenvalue weighted by Crippen LogP contribution is -2.45. The second kappa shape index (κ2) is 7.90. The molecule has 1 aromatic rings. The number of aromatic nitrogens is 1. The van der Waals surface area contributed by atoms with Crippen LogP contribution in [0.15, 0.2) is 17.3 Å². The molecule has 1 saturated carbocycles. The summed E-state index contributed by atoms with van der Waals surface area (Å²) in [6.07, 6.45) is 1.03. The zero-order valence-electron chi connectivity index (χ0n) is 14.6. The van der Waals surface area contributed by atoms with E-state index in [1.54, 1.807) is 7.05 Å². The van der Waals surface area contributed by atoms with E-state index in [2.05, 4.69) is 20.6 Å². The topological polar surface area (TPSA) is 52.6 Å². The SMILES string of the molecule is CN=C(NCCC1CC1)NC1CCN(c2ncc(C(F)(F)F)cc2Cl)C1. The van der Waals surface area contributed by atoms with Crippen LogP contribution in [0.1, 0.15) is 31.2 Å². The second-order valence-electron chi connectivity index (χ2n) is 6.83. The Bertz CT molecular complexity index is 660. The zero-order chi connectivity index (χ0) is 18.7. The van der Waals surface area contributed by atoms with E-state index in [4.69, 9.17) is 11.6 Å². The van der Waals surface area contributed by atoms with Gasteiger partial charge >= 0.3 is 6.18 Å². The van der Waals surface area contributed by atoms with Crippen molar-refractivity contribution in [2.24, 2.45) is 10.9 Å². The van der Waals surface area contributed by atoms with Gasteiger partial charge in [0.1, 0.15) is 5.82 Å². The maximum atomic E-state index is 12.7. The van der Waals surface area contributed by atoms with E-state index >= 15 is 0 Å². The Kier molecular flexibility index (Phi) is 5.79. The van der Waals surface area contributed by atoms with Crippen LogP contribution in [0, 0.1) is 5.92 Å². The van der Waals surface area contributed by atoms with Gasteiger partial charge in [-0.15, -0.1) is 0 Å². The minimum absolute atomic E-state index is 0.0208. The number of aliphatic imine (C=N–C) groups is 1. The van der Waals surface area contributed by atoms with Crippen LogP contribution < -0.4 is 15.5 Å². The highest BCUT2D eigenvalue weighted by Gasteiger charge is 2.33. The smallest absolute Gasteiger partial charge is 0.356 e. The fraction of sp³-hybridized carbons (Fsp3) is 0.647. The van der Waals surface area contributed by atoms with Gasteiger partial charge in [-0.2, -0.15) is 13.2 Å². The highest BCUT2D eigenvalue weighted by atomic mass is 35.5. The van der Waals surface area contributed by atoms with Crippen LogP contribution in [-0.2, 0) is 6.18 Å². The average molecular weight is 390 g/mol. The molecule has 1 aliphatic heterocycles. The van der Waals surface area contributed by atoms with Crippen molar-refractivity contribution in [3.8, 4) is 0 Å². The second-order valence-corrected chi connectivity index (χ2v) is 7.24. The lowest BCUT2D eigenvalue weighted by atomic mass is 10.2. The fourth-order valence-electron chi connectivity index (χ4n) is 3.08. The third-order valence-corrected chi connectivity index (χ3v) is 5.02. The first-order valence-electron chi connectivity index (χ1n) is 8.81. The van der Waals surface area contributed by atoms with Crippen LogP contribution in [-0.4, -0.2) is 43.7 Å². The minimum Gasteiger partial charge on any atom is -0.356 e. The van der Waals surface area contributed by atoms with Crippen molar-refractivity contribution in [3.05, 3.63) is 22.8 Å². The summed E-state index contributed by atoms with van der Waals surface area (Å²) in [5.41, 5.74) is -0.833. The summed E-state index contributed by atoms with van der Waals surface area (Å²) in [7, 11) is 1.73. The summed E-state index contributed by atoms with van der Waals surface area (Å²) >= 11 is 6.04. The van der Waals surface area contributed by atoms with Crippen LogP contribution in [0.25, 0.3) is 0 Å². The first kappa shape index (κ1) is 19.1. The molecule has 0 radical (unpaired) electrons. The molecule has 9 heteroatoms. The molecule has 3 rings (SSSR count). The molecule has 26 heavy (non-hydrogen) atoms. The summed E-state index contributed by atoms with van der Waals surface area (Å²) in [5, 5.41) is 6.69. The molecular formula is C17H23ClF3N5. The van der Waals surface area contributed by atoms with Gasteiger partial charge in [-0.05, 0) is 24.8 Å². The number of pyridine rings is 1.